The van der Waals surface area contributed by atoms with Gasteiger partial charge in [-0.05, 0) is 19.3 Å². The first-order chi connectivity index (χ1) is 8.60. The highest BCUT2D eigenvalue weighted by atomic mass is 32.1. The quantitative estimate of drug-likeness (QED) is 0.440. The zero-order chi connectivity index (χ0) is 13.4. The molecule has 1 saturated carbocycles. The van der Waals surface area contributed by atoms with Crippen LogP contribution >= 0.6 is 12.2 Å². The Morgan fingerprint density at radius 3 is 2.44 bits per heavy atom. The maximum Gasteiger partial charge on any atom is 0.246 e. The topological polar surface area (TPSA) is 64.3 Å². The van der Waals surface area contributed by atoms with Crippen LogP contribution in [0.25, 0.3) is 0 Å². The standard InChI is InChI=1S/C13H24N2O2S/c1-2-9-17-10-11(16)15-13(12(14)18)7-5-3-4-6-8-13/h2-10H2,1H3,(H2,14,18)(H,15,16). The molecule has 0 heterocycles. The van der Waals surface area contributed by atoms with Crippen molar-refractivity contribution in [2.24, 2.45) is 5.73 Å². The highest BCUT2D eigenvalue weighted by molar-refractivity contribution is 7.80. The number of nitrogens with one attached hydrogen (secondary N) is 1. The number of hydrogen-bond acceptors (Lipinski definition) is 3. The number of nitrogens with two attached hydrogens (primary N) is 1. The third kappa shape index (κ3) is 4.53. The average molecular weight is 272 g/mol. The SMILES string of the molecule is CCCOCC(=O)NC1(C(N)=S)CCCCCC1. The van der Waals surface area contributed by atoms with Crippen molar-refractivity contribution < 1.29 is 9.53 Å². The minimum absolute atomic E-state index is 0.0954. The molecule has 0 atom stereocenters. The van der Waals surface area contributed by atoms with E-state index in [0.717, 1.165) is 32.1 Å². The van der Waals surface area contributed by atoms with Crippen LogP contribution in [-0.4, -0.2) is 29.6 Å². The average Bonchev–Trinajstić information content (AvgIpc) is 2.56. The molecule has 0 aromatic carbocycles. The van der Waals surface area contributed by atoms with Crippen molar-refractivity contribution in [3.05, 3.63) is 0 Å². The van der Waals surface area contributed by atoms with E-state index in [1.54, 1.807) is 0 Å². The molecule has 0 aromatic heterocycles. The molecule has 0 aromatic rings. The third-order valence-electron chi connectivity index (χ3n) is 3.39. The maximum atomic E-state index is 11.9. The van der Waals surface area contributed by atoms with Gasteiger partial charge in [0.15, 0.2) is 0 Å². The van der Waals surface area contributed by atoms with Crippen molar-refractivity contribution in [1.29, 1.82) is 0 Å². The molecule has 1 aliphatic rings. The maximum absolute atomic E-state index is 11.9. The van der Waals surface area contributed by atoms with Gasteiger partial charge in [-0.3, -0.25) is 4.79 Å². The Morgan fingerprint density at radius 1 is 1.33 bits per heavy atom. The van der Waals surface area contributed by atoms with Crippen LogP contribution in [0, 0.1) is 0 Å². The highest BCUT2D eigenvalue weighted by Crippen LogP contribution is 2.27. The van der Waals surface area contributed by atoms with Crippen LogP contribution in [0.4, 0.5) is 0 Å². The molecule has 18 heavy (non-hydrogen) atoms. The van der Waals surface area contributed by atoms with E-state index in [9.17, 15) is 4.79 Å². The van der Waals surface area contributed by atoms with Crippen LogP contribution in [0.5, 0.6) is 0 Å². The molecular weight excluding hydrogens is 248 g/mol. The summed E-state index contributed by atoms with van der Waals surface area (Å²) in [5, 5.41) is 3.00. The van der Waals surface area contributed by atoms with E-state index in [4.69, 9.17) is 22.7 Å². The number of carbonyl (C=O) groups excluding carboxylic acids is 1. The first kappa shape index (κ1) is 15.4. The molecule has 4 nitrogen and oxygen atoms in total. The lowest BCUT2D eigenvalue weighted by Crippen LogP contribution is -2.57. The Kier molecular flexibility index (Phi) is 6.57. The number of ether oxygens (including phenoxy) is 1. The molecule has 0 spiro atoms. The molecule has 1 amide bonds. The first-order valence-electron chi connectivity index (χ1n) is 6.79. The molecular formula is C13H24N2O2S. The van der Waals surface area contributed by atoms with Crippen molar-refractivity contribution in [3.8, 4) is 0 Å². The predicted molar refractivity (Wildman–Crippen MR) is 76.5 cm³/mol. The Balaban J connectivity index is 2.55. The summed E-state index contributed by atoms with van der Waals surface area (Å²) in [6.45, 7) is 2.71. The van der Waals surface area contributed by atoms with E-state index in [1.807, 2.05) is 6.92 Å². The van der Waals surface area contributed by atoms with Crippen LogP contribution in [0.15, 0.2) is 0 Å². The lowest BCUT2D eigenvalue weighted by Gasteiger charge is -2.32. The monoisotopic (exact) mass is 272 g/mol. The normalized spacial score (nSPS) is 18.9. The van der Waals surface area contributed by atoms with E-state index in [1.165, 1.54) is 12.8 Å². The van der Waals surface area contributed by atoms with Crippen molar-refractivity contribution in [2.45, 2.75) is 57.4 Å². The molecule has 1 rings (SSSR count). The summed E-state index contributed by atoms with van der Waals surface area (Å²) in [4.78, 5) is 12.3. The molecule has 0 aliphatic heterocycles. The molecule has 0 saturated heterocycles. The summed E-state index contributed by atoms with van der Waals surface area (Å²) in [6.07, 6.45) is 7.11. The highest BCUT2D eigenvalue weighted by Gasteiger charge is 2.35. The molecule has 1 fully saturated rings. The van der Waals surface area contributed by atoms with Gasteiger partial charge >= 0.3 is 0 Å². The minimum atomic E-state index is -0.488. The van der Waals surface area contributed by atoms with Gasteiger partial charge in [0, 0.05) is 6.61 Å². The van der Waals surface area contributed by atoms with Gasteiger partial charge in [-0.2, -0.15) is 0 Å². The Hall–Kier alpha value is -0.680. The Labute approximate surface area is 115 Å². The van der Waals surface area contributed by atoms with Crippen LogP contribution in [0.3, 0.4) is 0 Å². The fourth-order valence-corrected chi connectivity index (χ4v) is 2.63. The van der Waals surface area contributed by atoms with E-state index >= 15 is 0 Å². The van der Waals surface area contributed by atoms with Crippen LogP contribution in [0.2, 0.25) is 0 Å². The largest absolute Gasteiger partial charge is 0.391 e. The number of hydrogen-bond donors (Lipinski definition) is 2. The lowest BCUT2D eigenvalue weighted by molar-refractivity contribution is -0.127. The first-order valence-corrected chi connectivity index (χ1v) is 7.20. The minimum Gasteiger partial charge on any atom is -0.391 e. The summed E-state index contributed by atoms with van der Waals surface area (Å²) >= 11 is 5.16. The van der Waals surface area contributed by atoms with Crippen molar-refractivity contribution in [1.82, 2.24) is 5.32 Å². The zero-order valence-corrected chi connectivity index (χ0v) is 12.0. The summed E-state index contributed by atoms with van der Waals surface area (Å²) < 4.78 is 5.25. The molecule has 0 unspecified atom stereocenters. The second-order valence-corrected chi connectivity index (χ2v) is 5.40. The van der Waals surface area contributed by atoms with Crippen LogP contribution in [-0.2, 0) is 9.53 Å². The van der Waals surface area contributed by atoms with Gasteiger partial charge in [0.1, 0.15) is 6.61 Å². The van der Waals surface area contributed by atoms with Gasteiger partial charge in [0.25, 0.3) is 0 Å². The number of carbonyl (C=O) groups is 1. The fourth-order valence-electron chi connectivity index (χ4n) is 2.38. The molecule has 0 radical (unpaired) electrons. The predicted octanol–water partition coefficient (Wildman–Crippen LogP) is 1.91. The van der Waals surface area contributed by atoms with Crippen molar-refractivity contribution in [3.63, 3.8) is 0 Å². The van der Waals surface area contributed by atoms with E-state index in [-0.39, 0.29) is 12.5 Å². The summed E-state index contributed by atoms with van der Waals surface area (Å²) in [5.74, 6) is -0.113. The second kappa shape index (κ2) is 7.69. The summed E-state index contributed by atoms with van der Waals surface area (Å²) in [5.41, 5.74) is 5.36. The van der Waals surface area contributed by atoms with Crippen molar-refractivity contribution in [2.75, 3.05) is 13.2 Å². The van der Waals surface area contributed by atoms with Gasteiger partial charge in [-0.25, -0.2) is 0 Å². The Bertz CT molecular complexity index is 287. The van der Waals surface area contributed by atoms with Crippen LogP contribution in [0.1, 0.15) is 51.9 Å². The smallest absolute Gasteiger partial charge is 0.246 e. The van der Waals surface area contributed by atoms with Gasteiger partial charge in [0.05, 0.1) is 10.5 Å². The fraction of sp³-hybridized carbons (Fsp3) is 0.846. The van der Waals surface area contributed by atoms with E-state index < -0.39 is 5.54 Å². The third-order valence-corrected chi connectivity index (χ3v) is 3.78. The van der Waals surface area contributed by atoms with Gasteiger partial charge in [-0.1, -0.05) is 44.8 Å². The van der Waals surface area contributed by atoms with Crippen LogP contribution < -0.4 is 11.1 Å². The summed E-state index contributed by atoms with van der Waals surface area (Å²) in [7, 11) is 0. The number of thiocarbonyl (C=S) groups is 1. The molecule has 104 valence electrons. The number of rotatable bonds is 6. The van der Waals surface area contributed by atoms with Gasteiger partial charge in [0.2, 0.25) is 5.91 Å². The molecule has 1 aliphatic carbocycles. The number of amides is 1. The molecule has 0 bridgehead atoms. The molecule has 3 N–H and O–H groups in total. The second-order valence-electron chi connectivity index (χ2n) is 4.96. The van der Waals surface area contributed by atoms with E-state index in [0.29, 0.717) is 11.6 Å². The summed E-state index contributed by atoms with van der Waals surface area (Å²) in [6, 6.07) is 0. The van der Waals surface area contributed by atoms with Gasteiger partial charge < -0.3 is 15.8 Å². The van der Waals surface area contributed by atoms with Crippen molar-refractivity contribution >= 4 is 23.1 Å². The van der Waals surface area contributed by atoms with Gasteiger partial charge in [-0.15, -0.1) is 0 Å². The molecule has 5 heteroatoms. The lowest BCUT2D eigenvalue weighted by atomic mass is 9.90. The van der Waals surface area contributed by atoms with E-state index in [2.05, 4.69) is 5.32 Å². The Morgan fingerprint density at radius 2 is 1.94 bits per heavy atom. The zero-order valence-electron chi connectivity index (χ0n) is 11.2.